The molecule has 1 aromatic rings. The van der Waals surface area contributed by atoms with E-state index in [0.717, 1.165) is 18.4 Å². The molecule has 0 spiro atoms. The summed E-state index contributed by atoms with van der Waals surface area (Å²) >= 11 is 0. The number of amides is 1. The minimum atomic E-state index is -0.276. The summed E-state index contributed by atoms with van der Waals surface area (Å²) in [5.74, 6) is 0.384. The third kappa shape index (κ3) is 4.71. The van der Waals surface area contributed by atoms with Crippen molar-refractivity contribution in [3.63, 3.8) is 0 Å². The molecule has 126 valence electrons. The summed E-state index contributed by atoms with van der Waals surface area (Å²) in [5.41, 5.74) is 0.855. The Balaban J connectivity index is 1.87. The molecule has 1 aromatic carbocycles. The lowest BCUT2D eigenvalue weighted by molar-refractivity contribution is -0.140. The maximum atomic E-state index is 12.4. The molecule has 5 nitrogen and oxygen atoms in total. The summed E-state index contributed by atoms with van der Waals surface area (Å²) in [5, 5.41) is 0. The van der Waals surface area contributed by atoms with Crippen molar-refractivity contribution in [1.29, 1.82) is 0 Å². The number of esters is 1. The van der Waals surface area contributed by atoms with Crippen molar-refractivity contribution < 1.29 is 19.1 Å². The molecule has 1 saturated heterocycles. The molecule has 1 fully saturated rings. The highest BCUT2D eigenvalue weighted by Gasteiger charge is 2.28. The van der Waals surface area contributed by atoms with Gasteiger partial charge >= 0.3 is 5.97 Å². The molecule has 5 heteroatoms. The number of carbonyl (C=O) groups excluding carboxylic acids is 2. The van der Waals surface area contributed by atoms with Crippen molar-refractivity contribution in [3.8, 4) is 5.75 Å². The summed E-state index contributed by atoms with van der Waals surface area (Å²) in [4.78, 5) is 25.5. The van der Waals surface area contributed by atoms with Crippen LogP contribution in [0.5, 0.6) is 5.75 Å². The number of nitrogens with zero attached hydrogens (tertiary/aromatic N) is 1. The minimum absolute atomic E-state index is 0.0309. The number of benzene rings is 1. The minimum Gasteiger partial charge on any atom is -0.484 e. The van der Waals surface area contributed by atoms with Gasteiger partial charge in [0.25, 0.3) is 5.91 Å². The van der Waals surface area contributed by atoms with Gasteiger partial charge in [0.15, 0.2) is 6.61 Å². The highest BCUT2D eigenvalue weighted by atomic mass is 16.5. The number of rotatable bonds is 5. The van der Waals surface area contributed by atoms with Crippen LogP contribution < -0.4 is 4.74 Å². The second-order valence-electron chi connectivity index (χ2n) is 6.12. The van der Waals surface area contributed by atoms with Crippen LogP contribution in [0.15, 0.2) is 24.3 Å². The lowest BCUT2D eigenvalue weighted by atomic mass is 9.97. The van der Waals surface area contributed by atoms with E-state index in [4.69, 9.17) is 4.74 Å². The molecule has 2 unspecified atom stereocenters. The van der Waals surface area contributed by atoms with Crippen LogP contribution in [0.3, 0.4) is 0 Å². The average molecular weight is 319 g/mol. The maximum Gasteiger partial charge on any atom is 0.309 e. The number of hydrogen-bond acceptors (Lipinski definition) is 4. The fourth-order valence-electron chi connectivity index (χ4n) is 3.07. The number of hydrogen-bond donors (Lipinski definition) is 0. The Kier molecular flexibility index (Phi) is 6.02. The van der Waals surface area contributed by atoms with E-state index in [9.17, 15) is 9.59 Å². The molecular formula is C18H25NO4. The molecule has 2 rings (SSSR count). The highest BCUT2D eigenvalue weighted by Crippen LogP contribution is 2.23. The Hall–Kier alpha value is -2.04. The normalized spacial score (nSPS) is 20.9. The zero-order valence-corrected chi connectivity index (χ0v) is 14.1. The molecule has 0 aromatic heterocycles. The summed E-state index contributed by atoms with van der Waals surface area (Å²) in [7, 11) is 1.37. The molecule has 23 heavy (non-hydrogen) atoms. The molecule has 1 aliphatic rings. The van der Waals surface area contributed by atoms with Gasteiger partial charge in [-0.15, -0.1) is 0 Å². The third-order valence-electron chi connectivity index (χ3n) is 4.34. The highest BCUT2D eigenvalue weighted by molar-refractivity contribution is 5.78. The summed E-state index contributed by atoms with van der Waals surface area (Å²) in [6.07, 6.45) is 3.52. The van der Waals surface area contributed by atoms with Crippen LogP contribution in [0.2, 0.25) is 0 Å². The molecular weight excluding hydrogens is 294 g/mol. The fourth-order valence-corrected chi connectivity index (χ4v) is 3.07. The van der Waals surface area contributed by atoms with Gasteiger partial charge in [0.05, 0.1) is 13.5 Å². The van der Waals surface area contributed by atoms with E-state index in [1.54, 1.807) is 12.1 Å². The zero-order valence-electron chi connectivity index (χ0n) is 14.1. The molecule has 0 saturated carbocycles. The van der Waals surface area contributed by atoms with Gasteiger partial charge in [0.1, 0.15) is 5.75 Å². The van der Waals surface area contributed by atoms with Crippen molar-refractivity contribution in [3.05, 3.63) is 29.8 Å². The van der Waals surface area contributed by atoms with Crippen LogP contribution in [-0.2, 0) is 20.7 Å². The monoisotopic (exact) mass is 319 g/mol. The van der Waals surface area contributed by atoms with Crippen LogP contribution in [0, 0.1) is 0 Å². The first kappa shape index (κ1) is 17.3. The molecule has 2 atom stereocenters. The van der Waals surface area contributed by atoms with Crippen molar-refractivity contribution >= 4 is 11.9 Å². The standard InChI is InChI=1S/C18H25NO4/c1-13-5-4-6-14(2)19(13)17(20)12-23-16-9-7-15(8-10-16)11-18(21)22-3/h7-10,13-14H,4-6,11-12H2,1-3H3. The third-order valence-corrected chi connectivity index (χ3v) is 4.34. The van der Waals surface area contributed by atoms with Crippen molar-refractivity contribution in [2.24, 2.45) is 0 Å². The van der Waals surface area contributed by atoms with Crippen LogP contribution in [0.25, 0.3) is 0 Å². The summed E-state index contributed by atoms with van der Waals surface area (Å²) < 4.78 is 10.2. The van der Waals surface area contributed by atoms with Gasteiger partial charge in [-0.3, -0.25) is 9.59 Å². The predicted molar refractivity (Wildman–Crippen MR) is 87.3 cm³/mol. The molecule has 1 amide bonds. The lowest BCUT2D eigenvalue weighted by Crippen LogP contribution is -2.49. The van der Waals surface area contributed by atoms with Gasteiger partial charge in [-0.05, 0) is 50.8 Å². The van der Waals surface area contributed by atoms with Crippen molar-refractivity contribution in [2.45, 2.75) is 51.6 Å². The lowest BCUT2D eigenvalue weighted by Gasteiger charge is -2.38. The summed E-state index contributed by atoms with van der Waals surface area (Å²) in [6, 6.07) is 7.71. The Morgan fingerprint density at radius 2 is 1.74 bits per heavy atom. The van der Waals surface area contributed by atoms with E-state index in [0.29, 0.717) is 5.75 Å². The smallest absolute Gasteiger partial charge is 0.309 e. The van der Waals surface area contributed by atoms with E-state index in [1.807, 2.05) is 17.0 Å². The Morgan fingerprint density at radius 1 is 1.13 bits per heavy atom. The number of carbonyl (C=O) groups is 2. The van der Waals surface area contributed by atoms with Gasteiger partial charge in [0.2, 0.25) is 0 Å². The quantitative estimate of drug-likeness (QED) is 0.783. The Bertz CT molecular complexity index is 530. The summed E-state index contributed by atoms with van der Waals surface area (Å²) in [6.45, 7) is 4.23. The van der Waals surface area contributed by atoms with Crippen LogP contribution in [0.4, 0.5) is 0 Å². The Labute approximate surface area is 137 Å². The zero-order chi connectivity index (χ0) is 16.8. The molecule has 0 radical (unpaired) electrons. The molecule has 0 bridgehead atoms. The first-order valence-corrected chi connectivity index (χ1v) is 8.11. The fraction of sp³-hybridized carbons (Fsp3) is 0.556. The number of methoxy groups -OCH3 is 1. The van der Waals surface area contributed by atoms with Gasteiger partial charge in [-0.2, -0.15) is 0 Å². The first-order valence-electron chi connectivity index (χ1n) is 8.11. The van der Waals surface area contributed by atoms with E-state index in [-0.39, 0.29) is 37.0 Å². The molecule has 1 heterocycles. The van der Waals surface area contributed by atoms with Crippen LogP contribution >= 0.6 is 0 Å². The average Bonchev–Trinajstić information content (AvgIpc) is 2.54. The van der Waals surface area contributed by atoms with Gasteiger partial charge < -0.3 is 14.4 Å². The number of likely N-dealkylation sites (tertiary alicyclic amines) is 1. The van der Waals surface area contributed by atoms with Gasteiger partial charge in [0, 0.05) is 12.1 Å². The van der Waals surface area contributed by atoms with Crippen LogP contribution in [0.1, 0.15) is 38.7 Å². The first-order chi connectivity index (χ1) is 11.0. The largest absolute Gasteiger partial charge is 0.484 e. The van der Waals surface area contributed by atoms with Crippen LogP contribution in [-0.4, -0.2) is 42.6 Å². The van der Waals surface area contributed by atoms with E-state index in [2.05, 4.69) is 18.6 Å². The Morgan fingerprint density at radius 3 is 2.30 bits per heavy atom. The van der Waals surface area contributed by atoms with E-state index in [1.165, 1.54) is 13.5 Å². The maximum absolute atomic E-state index is 12.4. The number of piperidine rings is 1. The SMILES string of the molecule is COC(=O)Cc1ccc(OCC(=O)N2C(C)CCCC2C)cc1. The van der Waals surface area contributed by atoms with Gasteiger partial charge in [-0.25, -0.2) is 0 Å². The van der Waals surface area contributed by atoms with Gasteiger partial charge in [-0.1, -0.05) is 12.1 Å². The van der Waals surface area contributed by atoms with E-state index < -0.39 is 0 Å². The predicted octanol–water partition coefficient (Wildman–Crippen LogP) is 2.57. The molecule has 1 aliphatic heterocycles. The molecule has 0 aliphatic carbocycles. The van der Waals surface area contributed by atoms with E-state index >= 15 is 0 Å². The second-order valence-corrected chi connectivity index (χ2v) is 6.12. The van der Waals surface area contributed by atoms with Crippen molar-refractivity contribution in [1.82, 2.24) is 4.90 Å². The molecule has 0 N–H and O–H groups in total. The van der Waals surface area contributed by atoms with Crippen molar-refractivity contribution in [2.75, 3.05) is 13.7 Å². The second kappa shape index (κ2) is 7.99. The topological polar surface area (TPSA) is 55.8 Å². The number of ether oxygens (including phenoxy) is 2.